The van der Waals surface area contributed by atoms with E-state index in [1.54, 1.807) is 10.9 Å². The molecule has 3 N–H and O–H groups in total. The van der Waals surface area contributed by atoms with Gasteiger partial charge in [-0.2, -0.15) is 5.10 Å². The van der Waals surface area contributed by atoms with Crippen LogP contribution in [0.3, 0.4) is 0 Å². The maximum Gasteiger partial charge on any atom is 0.573 e. The highest BCUT2D eigenvalue weighted by Crippen LogP contribution is 2.23. The number of nitrogens with one attached hydrogen (secondary N) is 1. The summed E-state index contributed by atoms with van der Waals surface area (Å²) in [5.74, 6) is -0.104. The smallest absolute Gasteiger partial charge is 0.406 e. The van der Waals surface area contributed by atoms with Gasteiger partial charge in [-0.25, -0.2) is 0 Å². The second-order valence-electron chi connectivity index (χ2n) is 4.59. The van der Waals surface area contributed by atoms with Crippen molar-refractivity contribution in [3.63, 3.8) is 0 Å². The summed E-state index contributed by atoms with van der Waals surface area (Å²) < 4.78 is 41.7. The molecule has 0 fully saturated rings. The van der Waals surface area contributed by atoms with E-state index in [9.17, 15) is 13.2 Å². The van der Waals surface area contributed by atoms with Crippen LogP contribution in [0, 0.1) is 0 Å². The van der Waals surface area contributed by atoms with Gasteiger partial charge in [0.25, 0.3) is 0 Å². The summed E-state index contributed by atoms with van der Waals surface area (Å²) in [6.07, 6.45) is -0.381. The van der Waals surface area contributed by atoms with Gasteiger partial charge in [0.05, 0.1) is 0 Å². The lowest BCUT2D eigenvalue weighted by Crippen LogP contribution is -2.23. The number of aryl methyl sites for hydroxylation is 1. The Bertz CT molecular complexity index is 623. The molecule has 0 bridgehead atoms. The fourth-order valence-electron chi connectivity index (χ4n) is 1.79. The largest absolute Gasteiger partial charge is 0.573 e. The number of hydrogen-bond acceptors (Lipinski definition) is 3. The van der Waals surface area contributed by atoms with Gasteiger partial charge in [-0.3, -0.25) is 9.67 Å². The molecule has 0 radical (unpaired) electrons. The van der Waals surface area contributed by atoms with E-state index in [0.29, 0.717) is 12.2 Å². The Kier molecular flexibility index (Phi) is 5.45. The topological polar surface area (TPSA) is 77.5 Å². The van der Waals surface area contributed by atoms with Gasteiger partial charge in [0.15, 0.2) is 5.96 Å². The monoisotopic (exact) mass is 327 g/mol. The standard InChI is InChI=1S/C14H16F3N5O/c15-14(16,17)23-12-5-3-11(4-6-12)21-13(18)19-7-1-9-22-10-2-8-20-22/h2-6,8,10H,1,7,9H2,(H3,18,19,21). The minimum Gasteiger partial charge on any atom is -0.406 e. The zero-order valence-electron chi connectivity index (χ0n) is 12.1. The van der Waals surface area contributed by atoms with Crippen LogP contribution in [0.2, 0.25) is 0 Å². The van der Waals surface area contributed by atoms with E-state index < -0.39 is 6.36 Å². The highest BCUT2D eigenvalue weighted by Gasteiger charge is 2.30. The fourth-order valence-corrected chi connectivity index (χ4v) is 1.79. The van der Waals surface area contributed by atoms with Crippen molar-refractivity contribution in [2.45, 2.75) is 19.3 Å². The molecule has 1 heterocycles. The number of rotatable bonds is 6. The van der Waals surface area contributed by atoms with Gasteiger partial charge in [0.2, 0.25) is 0 Å². The lowest BCUT2D eigenvalue weighted by Gasteiger charge is -2.10. The molecule has 0 unspecified atom stereocenters. The number of anilines is 1. The lowest BCUT2D eigenvalue weighted by atomic mass is 10.3. The molecule has 0 saturated carbocycles. The highest BCUT2D eigenvalue weighted by molar-refractivity contribution is 5.92. The first-order valence-electron chi connectivity index (χ1n) is 6.82. The number of benzene rings is 1. The Morgan fingerprint density at radius 3 is 2.65 bits per heavy atom. The van der Waals surface area contributed by atoms with Crippen molar-refractivity contribution >= 4 is 11.6 Å². The Balaban J connectivity index is 1.77. The number of hydrogen-bond donors (Lipinski definition) is 2. The van der Waals surface area contributed by atoms with Crippen molar-refractivity contribution in [1.82, 2.24) is 9.78 Å². The second-order valence-corrected chi connectivity index (χ2v) is 4.59. The first-order valence-corrected chi connectivity index (χ1v) is 6.82. The van der Waals surface area contributed by atoms with Crippen LogP contribution in [-0.2, 0) is 6.54 Å². The van der Waals surface area contributed by atoms with E-state index in [1.165, 1.54) is 24.3 Å². The third kappa shape index (κ3) is 6.29. The second kappa shape index (κ2) is 7.52. The number of alkyl halides is 3. The summed E-state index contributed by atoms with van der Waals surface area (Å²) in [7, 11) is 0. The van der Waals surface area contributed by atoms with Gasteiger partial charge in [-0.15, -0.1) is 13.2 Å². The fraction of sp³-hybridized carbons (Fsp3) is 0.286. The zero-order valence-corrected chi connectivity index (χ0v) is 12.1. The number of nitrogens with two attached hydrogens (primary N) is 1. The molecule has 0 aliphatic carbocycles. The van der Waals surface area contributed by atoms with Gasteiger partial charge in [0.1, 0.15) is 5.75 Å². The Morgan fingerprint density at radius 1 is 1.30 bits per heavy atom. The maximum atomic E-state index is 12.0. The van der Waals surface area contributed by atoms with Crippen LogP contribution in [-0.4, -0.2) is 28.6 Å². The van der Waals surface area contributed by atoms with Crippen LogP contribution >= 0.6 is 0 Å². The Morgan fingerprint density at radius 2 is 2.04 bits per heavy atom. The van der Waals surface area contributed by atoms with Gasteiger partial charge >= 0.3 is 6.36 Å². The quantitative estimate of drug-likeness (QED) is 0.486. The normalized spacial score (nSPS) is 12.2. The Hall–Kier alpha value is -2.71. The molecule has 0 spiro atoms. The van der Waals surface area contributed by atoms with Gasteiger partial charge in [-0.05, 0) is 36.8 Å². The van der Waals surface area contributed by atoms with Crippen molar-refractivity contribution in [1.29, 1.82) is 0 Å². The van der Waals surface area contributed by atoms with Crippen LogP contribution < -0.4 is 15.8 Å². The van der Waals surface area contributed by atoms with Crippen LogP contribution in [0.5, 0.6) is 5.75 Å². The summed E-state index contributed by atoms with van der Waals surface area (Å²) in [6, 6.07) is 7.08. The van der Waals surface area contributed by atoms with E-state index in [2.05, 4.69) is 20.1 Å². The summed E-state index contributed by atoms with van der Waals surface area (Å²) >= 11 is 0. The predicted octanol–water partition coefficient (Wildman–Crippen LogP) is 2.60. The minimum atomic E-state index is -4.70. The summed E-state index contributed by atoms with van der Waals surface area (Å²) in [6.45, 7) is 1.24. The third-order valence-corrected chi connectivity index (χ3v) is 2.75. The molecule has 0 amide bonds. The molecular formula is C14H16F3N5O. The number of aromatic nitrogens is 2. The summed E-state index contributed by atoms with van der Waals surface area (Å²) in [5, 5.41) is 6.86. The first kappa shape index (κ1) is 16.7. The minimum absolute atomic E-state index is 0.190. The molecule has 0 aliphatic rings. The van der Waals surface area contributed by atoms with Crippen molar-refractivity contribution in [2.24, 2.45) is 10.7 Å². The summed E-state index contributed by atoms with van der Waals surface area (Å²) in [5.41, 5.74) is 6.23. The molecule has 1 aromatic heterocycles. The highest BCUT2D eigenvalue weighted by atomic mass is 19.4. The van der Waals surface area contributed by atoms with E-state index in [1.807, 2.05) is 12.3 Å². The van der Waals surface area contributed by atoms with Crippen LogP contribution in [0.25, 0.3) is 0 Å². The first-order chi connectivity index (χ1) is 10.9. The molecule has 2 aromatic rings. The van der Waals surface area contributed by atoms with E-state index >= 15 is 0 Å². The number of nitrogens with zero attached hydrogens (tertiary/aromatic N) is 3. The van der Waals surface area contributed by atoms with Crippen molar-refractivity contribution in [2.75, 3.05) is 11.9 Å². The van der Waals surface area contributed by atoms with Crippen LogP contribution in [0.15, 0.2) is 47.7 Å². The third-order valence-electron chi connectivity index (χ3n) is 2.75. The summed E-state index contributed by atoms with van der Waals surface area (Å²) in [4.78, 5) is 4.13. The number of aliphatic imine (C=N–C) groups is 1. The number of halogens is 3. The molecule has 0 saturated heterocycles. The van der Waals surface area contributed by atoms with Gasteiger partial charge in [-0.1, -0.05) is 0 Å². The SMILES string of the molecule is NC(=NCCCn1cccn1)Nc1ccc(OC(F)(F)F)cc1. The molecule has 2 rings (SSSR count). The molecule has 9 heteroatoms. The van der Waals surface area contributed by atoms with Crippen LogP contribution in [0.1, 0.15) is 6.42 Å². The predicted molar refractivity (Wildman–Crippen MR) is 80.1 cm³/mol. The van der Waals surface area contributed by atoms with Crippen molar-refractivity contribution < 1.29 is 17.9 Å². The molecule has 0 atom stereocenters. The molecule has 124 valence electrons. The van der Waals surface area contributed by atoms with Crippen molar-refractivity contribution in [3.8, 4) is 5.75 Å². The van der Waals surface area contributed by atoms with E-state index in [0.717, 1.165) is 13.0 Å². The van der Waals surface area contributed by atoms with E-state index in [4.69, 9.17) is 5.73 Å². The van der Waals surface area contributed by atoms with Gasteiger partial charge < -0.3 is 15.8 Å². The van der Waals surface area contributed by atoms with Crippen molar-refractivity contribution in [3.05, 3.63) is 42.7 Å². The number of guanidine groups is 1. The lowest BCUT2D eigenvalue weighted by molar-refractivity contribution is -0.274. The van der Waals surface area contributed by atoms with Crippen LogP contribution in [0.4, 0.5) is 18.9 Å². The molecule has 0 aliphatic heterocycles. The maximum absolute atomic E-state index is 12.0. The number of ether oxygens (including phenoxy) is 1. The van der Waals surface area contributed by atoms with Gasteiger partial charge in [0, 0.05) is 31.2 Å². The van der Waals surface area contributed by atoms with E-state index in [-0.39, 0.29) is 11.7 Å². The molecule has 6 nitrogen and oxygen atoms in total. The zero-order chi connectivity index (χ0) is 16.7. The average molecular weight is 327 g/mol. The average Bonchev–Trinajstić information content (AvgIpc) is 2.97. The Labute approximate surface area is 130 Å². The molecule has 1 aromatic carbocycles. The molecular weight excluding hydrogens is 311 g/mol. The molecule has 23 heavy (non-hydrogen) atoms.